The van der Waals surface area contributed by atoms with Crippen molar-refractivity contribution in [1.29, 1.82) is 0 Å². The lowest BCUT2D eigenvalue weighted by Gasteiger charge is -2.19. The molecule has 24 heavy (non-hydrogen) atoms. The summed E-state index contributed by atoms with van der Waals surface area (Å²) in [7, 11) is 0. The van der Waals surface area contributed by atoms with Crippen molar-refractivity contribution in [3.05, 3.63) is 111 Å². The van der Waals surface area contributed by atoms with E-state index in [4.69, 9.17) is 23.2 Å². The molecule has 3 aromatic carbocycles. The first-order valence-corrected chi connectivity index (χ1v) is 8.76. The highest BCUT2D eigenvalue weighted by Gasteiger charge is 2.28. The van der Waals surface area contributed by atoms with Gasteiger partial charge in [0.1, 0.15) is 0 Å². The van der Waals surface area contributed by atoms with E-state index < -0.39 is 0 Å². The fraction of sp³-hybridized carbons (Fsp3) is 0.0909. The average molecular weight is 351 g/mol. The molecule has 3 aromatic rings. The average Bonchev–Trinajstić information content (AvgIpc) is 2.95. The van der Waals surface area contributed by atoms with Crippen molar-refractivity contribution in [2.75, 3.05) is 0 Å². The molecule has 1 aliphatic rings. The highest BCUT2D eigenvalue weighted by Crippen LogP contribution is 2.45. The molecule has 0 spiro atoms. The Morgan fingerprint density at radius 2 is 1.50 bits per heavy atom. The van der Waals surface area contributed by atoms with Crippen molar-refractivity contribution in [2.45, 2.75) is 12.3 Å². The standard InChI is InChI=1S/C22H16Cl2/c23-18-10-11-21(24)20(14-18)22-17(12-15-6-2-1-3-7-15)13-16-8-4-5-9-19(16)22/h1-11,13-14,22H,12H2. The van der Waals surface area contributed by atoms with Gasteiger partial charge in [-0.15, -0.1) is 0 Å². The molecule has 0 fully saturated rings. The zero-order chi connectivity index (χ0) is 16.5. The summed E-state index contributed by atoms with van der Waals surface area (Å²) >= 11 is 12.8. The van der Waals surface area contributed by atoms with Crippen LogP contribution in [-0.4, -0.2) is 0 Å². The second-order valence-corrected chi connectivity index (χ2v) is 6.95. The number of hydrogen-bond donors (Lipinski definition) is 0. The van der Waals surface area contributed by atoms with Crippen molar-refractivity contribution >= 4 is 29.3 Å². The topological polar surface area (TPSA) is 0 Å². The summed E-state index contributed by atoms with van der Waals surface area (Å²) < 4.78 is 0. The van der Waals surface area contributed by atoms with E-state index in [-0.39, 0.29) is 5.92 Å². The van der Waals surface area contributed by atoms with Crippen LogP contribution in [0.2, 0.25) is 10.0 Å². The third-order valence-electron chi connectivity index (χ3n) is 4.54. The summed E-state index contributed by atoms with van der Waals surface area (Å²) in [5.41, 5.74) is 6.31. The zero-order valence-electron chi connectivity index (χ0n) is 13.0. The number of fused-ring (bicyclic) bond motifs is 1. The molecule has 0 saturated carbocycles. The van der Waals surface area contributed by atoms with E-state index in [1.165, 1.54) is 22.3 Å². The van der Waals surface area contributed by atoms with Crippen LogP contribution < -0.4 is 0 Å². The predicted octanol–water partition coefficient (Wildman–Crippen LogP) is 6.77. The molecule has 0 radical (unpaired) electrons. The molecule has 0 amide bonds. The minimum atomic E-state index is 0.160. The molecule has 0 bridgehead atoms. The summed E-state index contributed by atoms with van der Waals surface area (Å²) in [6.45, 7) is 0. The molecule has 0 nitrogen and oxygen atoms in total. The number of hydrogen-bond acceptors (Lipinski definition) is 0. The summed E-state index contributed by atoms with van der Waals surface area (Å²) in [6.07, 6.45) is 3.20. The van der Waals surface area contributed by atoms with Crippen LogP contribution in [-0.2, 0) is 6.42 Å². The monoisotopic (exact) mass is 350 g/mol. The SMILES string of the molecule is Clc1ccc(Cl)c(C2C(Cc3ccccc3)=Cc3ccccc32)c1. The minimum absolute atomic E-state index is 0.160. The molecule has 0 heterocycles. The predicted molar refractivity (Wildman–Crippen MR) is 103 cm³/mol. The Morgan fingerprint density at radius 1 is 0.750 bits per heavy atom. The van der Waals surface area contributed by atoms with Gasteiger partial charge in [-0.3, -0.25) is 0 Å². The van der Waals surface area contributed by atoms with Crippen LogP contribution in [0.1, 0.15) is 28.2 Å². The second kappa shape index (κ2) is 6.47. The van der Waals surface area contributed by atoms with E-state index in [1.807, 2.05) is 24.3 Å². The van der Waals surface area contributed by atoms with Gasteiger partial charge in [-0.25, -0.2) is 0 Å². The molecule has 0 N–H and O–H groups in total. The molecule has 1 atom stereocenters. The zero-order valence-corrected chi connectivity index (χ0v) is 14.6. The van der Waals surface area contributed by atoms with Gasteiger partial charge in [0.25, 0.3) is 0 Å². The molecule has 118 valence electrons. The van der Waals surface area contributed by atoms with Crippen LogP contribution in [0.15, 0.2) is 78.4 Å². The molecule has 1 aliphatic carbocycles. The highest BCUT2D eigenvalue weighted by atomic mass is 35.5. The van der Waals surface area contributed by atoms with E-state index >= 15 is 0 Å². The molecule has 0 saturated heterocycles. The third kappa shape index (κ3) is 2.88. The number of allylic oxidation sites excluding steroid dienone is 1. The first-order chi connectivity index (χ1) is 11.7. The first-order valence-electron chi connectivity index (χ1n) is 8.00. The summed E-state index contributed by atoms with van der Waals surface area (Å²) in [6, 6.07) is 24.8. The maximum absolute atomic E-state index is 6.53. The van der Waals surface area contributed by atoms with Gasteiger partial charge < -0.3 is 0 Å². The lowest BCUT2D eigenvalue weighted by Crippen LogP contribution is -2.04. The number of rotatable bonds is 3. The fourth-order valence-corrected chi connectivity index (χ4v) is 3.88. The Hall–Kier alpha value is -2.02. The van der Waals surface area contributed by atoms with E-state index in [9.17, 15) is 0 Å². The molecular formula is C22H16Cl2. The van der Waals surface area contributed by atoms with Gasteiger partial charge in [0.05, 0.1) is 0 Å². The number of halogens is 2. The van der Waals surface area contributed by atoms with Gasteiger partial charge in [0.15, 0.2) is 0 Å². The van der Waals surface area contributed by atoms with Gasteiger partial charge in [0, 0.05) is 16.0 Å². The summed E-state index contributed by atoms with van der Waals surface area (Å²) in [5.74, 6) is 0.160. The number of benzene rings is 3. The van der Waals surface area contributed by atoms with Gasteiger partial charge in [-0.05, 0) is 46.9 Å². The molecule has 0 aliphatic heterocycles. The Bertz CT molecular complexity index is 910. The van der Waals surface area contributed by atoms with Crippen molar-refractivity contribution in [1.82, 2.24) is 0 Å². The summed E-state index contributed by atoms with van der Waals surface area (Å²) in [4.78, 5) is 0. The highest BCUT2D eigenvalue weighted by molar-refractivity contribution is 6.33. The largest absolute Gasteiger partial charge is 0.0843 e. The Labute approximate surface area is 152 Å². The van der Waals surface area contributed by atoms with Gasteiger partial charge in [-0.2, -0.15) is 0 Å². The fourth-order valence-electron chi connectivity index (χ4n) is 3.48. The van der Waals surface area contributed by atoms with Crippen LogP contribution in [0, 0.1) is 0 Å². The maximum atomic E-state index is 6.53. The quantitative estimate of drug-likeness (QED) is 0.489. The van der Waals surface area contributed by atoms with Crippen molar-refractivity contribution in [2.24, 2.45) is 0 Å². The van der Waals surface area contributed by atoms with E-state index in [2.05, 4.69) is 54.6 Å². The first kappa shape index (κ1) is 15.5. The van der Waals surface area contributed by atoms with Crippen LogP contribution in [0.5, 0.6) is 0 Å². The Morgan fingerprint density at radius 3 is 2.33 bits per heavy atom. The molecule has 4 rings (SSSR count). The summed E-state index contributed by atoms with van der Waals surface area (Å²) in [5, 5.41) is 1.48. The smallest absolute Gasteiger partial charge is 0.0448 e. The molecule has 1 unspecified atom stereocenters. The van der Waals surface area contributed by atoms with E-state index in [0.717, 1.165) is 22.0 Å². The van der Waals surface area contributed by atoms with E-state index in [1.54, 1.807) is 0 Å². The lowest BCUT2D eigenvalue weighted by atomic mass is 9.86. The van der Waals surface area contributed by atoms with Gasteiger partial charge in [-0.1, -0.05) is 89.4 Å². The van der Waals surface area contributed by atoms with Crippen molar-refractivity contribution in [3.8, 4) is 0 Å². The van der Waals surface area contributed by atoms with Crippen LogP contribution in [0.25, 0.3) is 6.08 Å². The third-order valence-corrected chi connectivity index (χ3v) is 5.12. The van der Waals surface area contributed by atoms with Crippen molar-refractivity contribution < 1.29 is 0 Å². The Kier molecular flexibility index (Phi) is 4.18. The minimum Gasteiger partial charge on any atom is -0.0843 e. The Balaban J connectivity index is 1.82. The van der Waals surface area contributed by atoms with E-state index in [0.29, 0.717) is 0 Å². The van der Waals surface area contributed by atoms with Gasteiger partial charge >= 0.3 is 0 Å². The molecule has 2 heteroatoms. The van der Waals surface area contributed by atoms with Crippen molar-refractivity contribution in [3.63, 3.8) is 0 Å². The second-order valence-electron chi connectivity index (χ2n) is 6.11. The maximum Gasteiger partial charge on any atom is 0.0448 e. The molecular weight excluding hydrogens is 335 g/mol. The molecule has 0 aromatic heterocycles. The van der Waals surface area contributed by atoms with Crippen LogP contribution in [0.4, 0.5) is 0 Å². The normalized spacial score (nSPS) is 15.9. The van der Waals surface area contributed by atoms with Gasteiger partial charge in [0.2, 0.25) is 0 Å². The van der Waals surface area contributed by atoms with Crippen LogP contribution >= 0.6 is 23.2 Å². The lowest BCUT2D eigenvalue weighted by molar-refractivity contribution is 0.925. The van der Waals surface area contributed by atoms with Crippen LogP contribution in [0.3, 0.4) is 0 Å².